The second-order valence-corrected chi connectivity index (χ2v) is 10.7. The van der Waals surface area contributed by atoms with Crippen molar-refractivity contribution < 1.29 is 46.3 Å². The number of carbonyl (C=O) groups excluding carboxylic acids is 2. The molecule has 2 aromatic rings. The summed E-state index contributed by atoms with van der Waals surface area (Å²) in [5.74, 6) is -0.186. The summed E-state index contributed by atoms with van der Waals surface area (Å²) in [5.41, 5.74) is 3.07. The largest absolute Gasteiger partial charge is 0.504 e. The molecule has 2 amide bonds. The molecule has 241 valence electrons. The van der Waals surface area contributed by atoms with Crippen molar-refractivity contribution in [1.82, 2.24) is 9.80 Å². The van der Waals surface area contributed by atoms with Crippen molar-refractivity contribution in [3.63, 3.8) is 0 Å². The fraction of sp³-hybridized carbons (Fsp3) is 0.375. The van der Waals surface area contributed by atoms with E-state index in [1.54, 1.807) is 24.3 Å². The van der Waals surface area contributed by atoms with Crippen LogP contribution in [-0.4, -0.2) is 112 Å². The van der Waals surface area contributed by atoms with Crippen LogP contribution < -0.4 is 20.1 Å². The van der Waals surface area contributed by atoms with Crippen molar-refractivity contribution in [3.8, 4) is 23.0 Å². The Morgan fingerprint density at radius 3 is 1.53 bits per heavy atom. The number of aliphatic imine (C=N–C) groups is 2. The van der Waals surface area contributed by atoms with Gasteiger partial charge in [-0.05, 0) is 39.1 Å². The van der Waals surface area contributed by atoms with Crippen molar-refractivity contribution in [1.29, 1.82) is 0 Å². The molecule has 12 nitrogen and oxygen atoms in total. The molecular weight excluding hydrogens is 619 g/mol. The van der Waals surface area contributed by atoms with E-state index >= 15 is 0 Å². The van der Waals surface area contributed by atoms with E-state index in [0.717, 1.165) is 25.9 Å². The van der Waals surface area contributed by atoms with Crippen LogP contribution >= 0.6 is 0 Å². The van der Waals surface area contributed by atoms with Crippen molar-refractivity contribution in [2.75, 3.05) is 78.2 Å². The first kappa shape index (κ1) is 35.3. The minimum Gasteiger partial charge on any atom is -0.504 e. The van der Waals surface area contributed by atoms with E-state index in [1.807, 2.05) is 26.2 Å². The molecule has 0 saturated heterocycles. The van der Waals surface area contributed by atoms with Crippen molar-refractivity contribution in [2.45, 2.75) is 12.8 Å². The van der Waals surface area contributed by atoms with Crippen molar-refractivity contribution in [3.05, 3.63) is 58.7 Å². The van der Waals surface area contributed by atoms with E-state index in [9.17, 15) is 19.8 Å². The molecule has 2 aromatic carbocycles. The second-order valence-electron chi connectivity index (χ2n) is 10.7. The maximum absolute atomic E-state index is 12.8. The van der Waals surface area contributed by atoms with Gasteiger partial charge in [-0.15, -0.1) is 0 Å². The van der Waals surface area contributed by atoms with Gasteiger partial charge in [0.15, 0.2) is 23.0 Å². The summed E-state index contributed by atoms with van der Waals surface area (Å²) < 4.78 is 10.6. The first-order chi connectivity index (χ1) is 21.2. The zero-order valence-corrected chi connectivity index (χ0v) is 27.2. The number of benzene rings is 2. The third-order valence-electron chi connectivity index (χ3n) is 7.25. The summed E-state index contributed by atoms with van der Waals surface area (Å²) in [6, 6.07) is 6.37. The molecule has 0 aromatic heterocycles. The number of nitrogens with one attached hydrogen (secondary N) is 2. The molecule has 0 unspecified atom stereocenters. The Morgan fingerprint density at radius 2 is 1.18 bits per heavy atom. The van der Waals surface area contributed by atoms with Gasteiger partial charge in [0.25, 0.3) is 11.8 Å². The minimum atomic E-state index is -0.205. The smallest absolute Gasteiger partial charge is 0.252 e. The maximum Gasteiger partial charge on any atom is 0.252 e. The average molecular weight is 660 g/mol. The molecule has 0 bridgehead atoms. The van der Waals surface area contributed by atoms with Gasteiger partial charge in [0.05, 0.1) is 27.3 Å². The number of ether oxygens (including phenoxy) is 2. The summed E-state index contributed by atoms with van der Waals surface area (Å²) in [7, 11) is 6.81. The molecule has 13 heteroatoms. The monoisotopic (exact) mass is 659 g/mol. The fourth-order valence-electron chi connectivity index (χ4n) is 4.89. The summed E-state index contributed by atoms with van der Waals surface area (Å²) in [6.45, 7) is 3.51. The zero-order chi connectivity index (χ0) is 31.6. The fourth-order valence-corrected chi connectivity index (χ4v) is 4.89. The second kappa shape index (κ2) is 16.8. The van der Waals surface area contributed by atoms with E-state index in [0.29, 0.717) is 46.7 Å². The summed E-state index contributed by atoms with van der Waals surface area (Å²) >= 11 is 0. The van der Waals surface area contributed by atoms with Crippen LogP contribution in [-0.2, 0) is 26.7 Å². The van der Waals surface area contributed by atoms with Gasteiger partial charge in [-0.3, -0.25) is 19.6 Å². The van der Waals surface area contributed by atoms with Crippen molar-refractivity contribution in [2.24, 2.45) is 9.98 Å². The molecule has 0 atom stereocenters. The summed E-state index contributed by atoms with van der Waals surface area (Å²) in [6.07, 6.45) is 8.47. The Labute approximate surface area is 274 Å². The van der Waals surface area contributed by atoms with Gasteiger partial charge < -0.3 is 40.1 Å². The Bertz CT molecular complexity index is 1390. The van der Waals surface area contributed by atoms with Gasteiger partial charge in [-0.25, -0.2) is 0 Å². The predicted octanol–water partition coefficient (Wildman–Crippen LogP) is 3.05. The average Bonchev–Trinajstić information content (AvgIpc) is 3.01. The SMILES string of the molecule is COc1cc(NC(=O)C2=CCCN(C)C2)cc(C=NCCN=Cc2cc(NC(=O)C3=CCCN(C)C3)cc(OC)c2O)c1O.[Mn]. The molecule has 2 aliphatic rings. The maximum atomic E-state index is 12.8. The number of aromatic hydroxyl groups is 2. The minimum absolute atomic E-state index is 0. The quantitative estimate of drug-likeness (QED) is 0.125. The normalized spacial score (nSPS) is 15.7. The van der Waals surface area contributed by atoms with Crippen LogP contribution in [0.3, 0.4) is 0 Å². The zero-order valence-electron chi connectivity index (χ0n) is 26.0. The molecule has 0 aliphatic carbocycles. The number of anilines is 2. The van der Waals surface area contributed by atoms with Crippen LogP contribution in [0.25, 0.3) is 0 Å². The Hall–Kier alpha value is -4.16. The first-order valence-corrected chi connectivity index (χ1v) is 14.4. The number of amides is 2. The molecule has 45 heavy (non-hydrogen) atoms. The summed E-state index contributed by atoms with van der Waals surface area (Å²) in [5, 5.41) is 26.9. The molecule has 4 rings (SSSR count). The Balaban J connectivity index is 0.00000552. The topological polar surface area (TPSA) is 148 Å². The number of nitrogens with zero attached hydrogens (tertiary/aromatic N) is 4. The van der Waals surface area contributed by atoms with Crippen LogP contribution in [0.4, 0.5) is 11.4 Å². The van der Waals surface area contributed by atoms with E-state index in [-0.39, 0.29) is 65.0 Å². The van der Waals surface area contributed by atoms with Crippen LogP contribution in [0.1, 0.15) is 24.0 Å². The van der Waals surface area contributed by atoms with Crippen LogP contribution in [0.2, 0.25) is 0 Å². The first-order valence-electron chi connectivity index (χ1n) is 14.4. The standard InChI is InChI=1S/C32H40N6O6.Mn/c1-37-11-5-7-21(19-37)31(41)35-25-13-23(29(39)27(15-25)43-3)17-33-9-10-34-18-24-14-26(16-28(44-4)30(24)40)36-32(42)22-8-6-12-38(2)20-22;/h7-8,13-18,39-40H,5-6,9-12,19-20H2,1-4H3,(H,35,41)(H,36,42);. The van der Waals surface area contributed by atoms with Gasteiger partial charge in [0, 0.05) is 101 Å². The molecule has 2 aliphatic heterocycles. The number of phenolic OH excluding ortho intramolecular Hbond substituents is 2. The van der Waals surface area contributed by atoms with Crippen molar-refractivity contribution >= 4 is 35.6 Å². The van der Waals surface area contributed by atoms with Gasteiger partial charge in [0.1, 0.15) is 0 Å². The van der Waals surface area contributed by atoms with E-state index in [1.165, 1.54) is 26.6 Å². The number of hydrogen-bond donors (Lipinski definition) is 4. The number of rotatable bonds is 11. The van der Waals surface area contributed by atoms with Gasteiger partial charge >= 0.3 is 0 Å². The summed E-state index contributed by atoms with van der Waals surface area (Å²) in [4.78, 5) is 38.4. The van der Waals surface area contributed by atoms with Crippen LogP contribution in [0.5, 0.6) is 23.0 Å². The van der Waals surface area contributed by atoms with Gasteiger partial charge in [-0.1, -0.05) is 12.2 Å². The Morgan fingerprint density at radius 1 is 0.778 bits per heavy atom. The van der Waals surface area contributed by atoms with Crippen LogP contribution in [0, 0.1) is 0 Å². The number of phenols is 2. The van der Waals surface area contributed by atoms with Crippen LogP contribution in [0.15, 0.2) is 57.5 Å². The predicted molar refractivity (Wildman–Crippen MR) is 172 cm³/mol. The molecular formula is C32H40MnN6O6. The number of hydrogen-bond acceptors (Lipinski definition) is 10. The molecule has 1 radical (unpaired) electrons. The molecule has 2 heterocycles. The number of methoxy groups -OCH3 is 2. The third kappa shape index (κ3) is 9.66. The number of likely N-dealkylation sites (N-methyl/N-ethyl adjacent to an activating group) is 2. The van der Waals surface area contributed by atoms with Gasteiger partial charge in [-0.2, -0.15) is 0 Å². The third-order valence-corrected chi connectivity index (χ3v) is 7.25. The van der Waals surface area contributed by atoms with E-state index < -0.39 is 0 Å². The Kier molecular flexibility index (Phi) is 13.2. The number of carbonyl (C=O) groups is 2. The van der Waals surface area contributed by atoms with Gasteiger partial charge in [0.2, 0.25) is 0 Å². The van der Waals surface area contributed by atoms with E-state index in [2.05, 4.69) is 30.4 Å². The van der Waals surface area contributed by atoms with E-state index in [4.69, 9.17) is 9.47 Å². The molecule has 0 spiro atoms. The molecule has 0 saturated carbocycles. The molecule has 4 N–H and O–H groups in total. The molecule has 0 fully saturated rings.